The van der Waals surface area contributed by atoms with Crippen LogP contribution >= 0.6 is 0 Å². The lowest BCUT2D eigenvalue weighted by molar-refractivity contribution is -0.116. The first-order chi connectivity index (χ1) is 16.7. The molecule has 0 aromatic heterocycles. The maximum absolute atomic E-state index is 13.4. The Hall–Kier alpha value is -3.50. The minimum Gasteiger partial charge on any atom is -0.274 e. The van der Waals surface area contributed by atoms with Crippen LogP contribution in [-0.2, 0) is 29.6 Å². The van der Waals surface area contributed by atoms with Crippen molar-refractivity contribution in [2.24, 2.45) is 0 Å². The summed E-state index contributed by atoms with van der Waals surface area (Å²) in [4.78, 5) is 24.9. The second-order valence-corrected chi connectivity index (χ2v) is 12.1. The molecule has 0 bridgehead atoms. The molecule has 0 aliphatic carbocycles. The maximum Gasteiger partial charge on any atom is 0.271 e. The molecular formula is C26H28N2O6S2. The van der Waals surface area contributed by atoms with Crippen molar-refractivity contribution in [3.63, 3.8) is 0 Å². The van der Waals surface area contributed by atoms with E-state index >= 15 is 0 Å². The Bertz CT molecular complexity index is 1440. The van der Waals surface area contributed by atoms with E-state index in [1.165, 1.54) is 36.4 Å². The number of hydrogen-bond acceptors (Lipinski definition) is 6. The number of hydrogen-bond donors (Lipinski definition) is 0. The highest BCUT2D eigenvalue weighted by Gasteiger charge is 2.32. The maximum atomic E-state index is 13.4. The molecule has 3 aromatic carbocycles. The molecular weight excluding hydrogens is 500 g/mol. The van der Waals surface area contributed by atoms with Gasteiger partial charge in [0.1, 0.15) is 0 Å². The third-order valence-electron chi connectivity index (χ3n) is 5.59. The van der Waals surface area contributed by atoms with Crippen molar-refractivity contribution in [3.05, 3.63) is 82.9 Å². The monoisotopic (exact) mass is 528 g/mol. The van der Waals surface area contributed by atoms with E-state index in [1.54, 1.807) is 38.1 Å². The van der Waals surface area contributed by atoms with Crippen LogP contribution in [0.15, 0.2) is 70.5 Å². The smallest absolute Gasteiger partial charge is 0.271 e. The lowest BCUT2D eigenvalue weighted by atomic mass is 10.2. The highest BCUT2D eigenvalue weighted by atomic mass is 32.2. The summed E-state index contributed by atoms with van der Waals surface area (Å²) in [5.74, 6) is -1.48. The molecule has 3 rings (SSSR count). The summed E-state index contributed by atoms with van der Waals surface area (Å²) < 4.78 is 54.9. The van der Waals surface area contributed by atoms with Crippen molar-refractivity contribution >= 4 is 43.2 Å². The number of amides is 2. The molecule has 0 atom stereocenters. The molecule has 0 N–H and O–H groups in total. The van der Waals surface area contributed by atoms with Gasteiger partial charge in [0, 0.05) is 13.8 Å². The Morgan fingerprint density at radius 1 is 0.556 bits per heavy atom. The van der Waals surface area contributed by atoms with Crippen LogP contribution in [0.1, 0.15) is 36.1 Å². The van der Waals surface area contributed by atoms with Gasteiger partial charge >= 0.3 is 0 Å². The van der Waals surface area contributed by atoms with Gasteiger partial charge in [-0.05, 0) is 75.2 Å². The van der Waals surface area contributed by atoms with Crippen LogP contribution < -0.4 is 8.61 Å². The molecule has 0 aliphatic rings. The van der Waals surface area contributed by atoms with E-state index in [0.29, 0.717) is 19.7 Å². The van der Waals surface area contributed by atoms with Crippen molar-refractivity contribution in [1.29, 1.82) is 0 Å². The Kier molecular flexibility index (Phi) is 7.42. The summed E-state index contributed by atoms with van der Waals surface area (Å²) in [6, 6.07) is 14.8. The molecule has 190 valence electrons. The fraction of sp³-hybridized carbons (Fsp3) is 0.231. The van der Waals surface area contributed by atoms with E-state index in [-0.39, 0.29) is 21.2 Å². The zero-order valence-electron chi connectivity index (χ0n) is 20.9. The van der Waals surface area contributed by atoms with E-state index in [0.717, 1.165) is 25.0 Å². The fourth-order valence-electron chi connectivity index (χ4n) is 4.08. The molecule has 8 nitrogen and oxygen atoms in total. The topological polar surface area (TPSA) is 109 Å². The van der Waals surface area contributed by atoms with Crippen LogP contribution in [0.2, 0.25) is 0 Å². The van der Waals surface area contributed by atoms with Crippen molar-refractivity contribution in [2.45, 2.75) is 51.3 Å². The fourth-order valence-corrected chi connectivity index (χ4v) is 7.36. The molecule has 0 saturated heterocycles. The van der Waals surface area contributed by atoms with E-state index in [2.05, 4.69) is 0 Å². The number of benzene rings is 3. The lowest BCUT2D eigenvalue weighted by Gasteiger charge is -2.25. The van der Waals surface area contributed by atoms with E-state index < -0.39 is 31.9 Å². The number of nitrogens with zero attached hydrogens (tertiary/aromatic N) is 2. The molecule has 36 heavy (non-hydrogen) atoms. The average molecular weight is 529 g/mol. The van der Waals surface area contributed by atoms with E-state index in [1.807, 2.05) is 13.8 Å². The largest absolute Gasteiger partial charge is 0.274 e. The van der Waals surface area contributed by atoms with Gasteiger partial charge in [0.05, 0.1) is 21.2 Å². The SMILES string of the molecule is CC(=O)N(c1ccc(N(C(C)=O)S(=O)(=O)c2ccc(C)cc2C)cc1)S(=O)(=O)c1ccc(C)cc1C. The summed E-state index contributed by atoms with van der Waals surface area (Å²) in [6.07, 6.45) is 0. The highest BCUT2D eigenvalue weighted by molar-refractivity contribution is 7.94. The lowest BCUT2D eigenvalue weighted by Crippen LogP contribution is -2.36. The van der Waals surface area contributed by atoms with Crippen LogP contribution in [0, 0.1) is 27.7 Å². The quantitative estimate of drug-likeness (QED) is 0.469. The summed E-state index contributed by atoms with van der Waals surface area (Å²) >= 11 is 0. The predicted octanol–water partition coefficient (Wildman–Crippen LogP) is 4.40. The zero-order valence-corrected chi connectivity index (χ0v) is 22.6. The molecule has 0 fully saturated rings. The van der Waals surface area contributed by atoms with Crippen LogP contribution in [0.4, 0.5) is 11.4 Å². The van der Waals surface area contributed by atoms with Crippen LogP contribution in [-0.4, -0.2) is 28.6 Å². The van der Waals surface area contributed by atoms with Crippen molar-refractivity contribution in [1.82, 2.24) is 0 Å². The molecule has 0 saturated carbocycles. The van der Waals surface area contributed by atoms with Crippen LogP contribution in [0.3, 0.4) is 0 Å². The van der Waals surface area contributed by atoms with Gasteiger partial charge in [-0.15, -0.1) is 0 Å². The van der Waals surface area contributed by atoms with Gasteiger partial charge in [-0.2, -0.15) is 0 Å². The minimum atomic E-state index is -4.25. The molecule has 0 heterocycles. The van der Waals surface area contributed by atoms with Crippen molar-refractivity contribution in [2.75, 3.05) is 8.61 Å². The first kappa shape index (κ1) is 27.1. The standard InChI is InChI=1S/C26H28N2O6S2/c1-17-7-13-25(19(3)15-17)35(31,32)27(21(5)29)23-9-11-24(12-10-23)28(22(6)30)36(33,34)26-14-8-18(2)16-20(26)4/h7-16H,1-6H3. The number of aryl methyl sites for hydroxylation is 4. The molecule has 3 aromatic rings. The molecule has 0 spiro atoms. The first-order valence-electron chi connectivity index (χ1n) is 11.0. The summed E-state index contributed by atoms with van der Waals surface area (Å²) in [5, 5.41) is 0. The van der Waals surface area contributed by atoms with Crippen LogP contribution in [0.5, 0.6) is 0 Å². The van der Waals surface area contributed by atoms with Gasteiger partial charge in [0.2, 0.25) is 11.8 Å². The summed E-state index contributed by atoms with van der Waals surface area (Å²) in [6.45, 7) is 9.20. The van der Waals surface area contributed by atoms with Crippen molar-refractivity contribution in [3.8, 4) is 0 Å². The van der Waals surface area contributed by atoms with Crippen molar-refractivity contribution < 1.29 is 26.4 Å². The average Bonchev–Trinajstić information content (AvgIpc) is 2.73. The molecule has 0 unspecified atom stereocenters. The van der Waals surface area contributed by atoms with Gasteiger partial charge in [-0.3, -0.25) is 9.59 Å². The number of rotatable bonds is 6. The predicted molar refractivity (Wildman–Crippen MR) is 139 cm³/mol. The first-order valence-corrected chi connectivity index (χ1v) is 13.9. The van der Waals surface area contributed by atoms with Gasteiger partial charge in [0.15, 0.2) is 0 Å². The summed E-state index contributed by atoms with van der Waals surface area (Å²) in [7, 11) is -8.49. The van der Waals surface area contributed by atoms with Gasteiger partial charge in [-0.25, -0.2) is 25.4 Å². The van der Waals surface area contributed by atoms with Crippen LogP contribution in [0.25, 0.3) is 0 Å². The minimum absolute atomic E-state index is 0.0126. The number of carbonyl (C=O) groups is 2. The normalized spacial score (nSPS) is 11.7. The molecule has 0 radical (unpaired) electrons. The second-order valence-electron chi connectivity index (χ2n) is 8.63. The molecule has 2 amide bonds. The highest BCUT2D eigenvalue weighted by Crippen LogP contribution is 2.31. The Balaban J connectivity index is 2.09. The number of carbonyl (C=O) groups excluding carboxylic acids is 2. The van der Waals surface area contributed by atoms with Gasteiger partial charge < -0.3 is 0 Å². The van der Waals surface area contributed by atoms with Gasteiger partial charge in [-0.1, -0.05) is 35.4 Å². The third-order valence-corrected chi connectivity index (χ3v) is 9.51. The zero-order chi connectivity index (χ0) is 27.0. The number of sulfonamides is 2. The summed E-state index contributed by atoms with van der Waals surface area (Å²) in [5.41, 5.74) is 2.75. The van der Waals surface area contributed by atoms with E-state index in [4.69, 9.17) is 0 Å². The van der Waals surface area contributed by atoms with Gasteiger partial charge in [0.25, 0.3) is 20.0 Å². The Labute approximate surface area is 212 Å². The Morgan fingerprint density at radius 3 is 1.11 bits per heavy atom. The number of anilines is 2. The second kappa shape index (κ2) is 9.87. The Morgan fingerprint density at radius 2 is 0.861 bits per heavy atom. The van der Waals surface area contributed by atoms with E-state index in [9.17, 15) is 26.4 Å². The molecule has 10 heteroatoms. The third kappa shape index (κ3) is 5.05. The molecule has 0 aliphatic heterocycles.